The summed E-state index contributed by atoms with van der Waals surface area (Å²) in [4.78, 5) is 29.6. The van der Waals surface area contributed by atoms with Gasteiger partial charge in [-0.15, -0.1) is 0 Å². The standard InChI is InChI=1S/C31H34Cl3N3O4S/c1-42(40,41)37(28-19-24(32)16-17-27(28)34)21-30(38)36(20-23-12-8-9-15-26(23)33)29(18-22-10-4-2-5-11-22)31(39)35-25-13-6-3-7-14-25/h2,4-5,8-12,15-17,19,25,29H,3,6-7,13-14,18,20-21H2,1H3,(H,35,39). The summed E-state index contributed by atoms with van der Waals surface area (Å²) in [6, 6.07) is 20.0. The van der Waals surface area contributed by atoms with Gasteiger partial charge in [-0.25, -0.2) is 8.42 Å². The topological polar surface area (TPSA) is 86.8 Å². The van der Waals surface area contributed by atoms with Gasteiger partial charge in [0.1, 0.15) is 12.6 Å². The third-order valence-corrected chi connectivity index (χ3v) is 9.43. The number of carbonyl (C=O) groups is 2. The summed E-state index contributed by atoms with van der Waals surface area (Å²) in [5, 5.41) is 3.98. The fraction of sp³-hybridized carbons (Fsp3) is 0.355. The molecule has 7 nitrogen and oxygen atoms in total. The zero-order valence-electron chi connectivity index (χ0n) is 23.3. The molecule has 0 aromatic heterocycles. The van der Waals surface area contributed by atoms with Crippen LogP contribution in [0.2, 0.25) is 15.1 Å². The van der Waals surface area contributed by atoms with E-state index in [2.05, 4.69) is 5.32 Å². The first kappa shape index (κ1) is 32.1. The van der Waals surface area contributed by atoms with Gasteiger partial charge in [0.05, 0.1) is 17.0 Å². The lowest BCUT2D eigenvalue weighted by Gasteiger charge is -2.35. The van der Waals surface area contributed by atoms with Crippen LogP contribution in [0, 0.1) is 0 Å². The Kier molecular flexibility index (Phi) is 11.2. The summed E-state index contributed by atoms with van der Waals surface area (Å²) in [6.07, 6.45) is 6.15. The predicted molar refractivity (Wildman–Crippen MR) is 170 cm³/mol. The van der Waals surface area contributed by atoms with Gasteiger partial charge in [0.2, 0.25) is 21.8 Å². The molecule has 224 valence electrons. The van der Waals surface area contributed by atoms with Crippen LogP contribution in [-0.2, 0) is 32.6 Å². The summed E-state index contributed by atoms with van der Waals surface area (Å²) in [5.74, 6) is -0.881. The molecule has 11 heteroatoms. The molecule has 1 unspecified atom stereocenters. The normalized spacial score (nSPS) is 14.7. The highest BCUT2D eigenvalue weighted by molar-refractivity contribution is 7.92. The van der Waals surface area contributed by atoms with Gasteiger partial charge >= 0.3 is 0 Å². The van der Waals surface area contributed by atoms with Gasteiger partial charge in [-0.3, -0.25) is 13.9 Å². The van der Waals surface area contributed by atoms with Crippen molar-refractivity contribution in [2.75, 3.05) is 17.1 Å². The van der Waals surface area contributed by atoms with E-state index >= 15 is 0 Å². The maximum Gasteiger partial charge on any atom is 0.244 e. The molecule has 0 radical (unpaired) electrons. The van der Waals surface area contributed by atoms with Crippen LogP contribution in [0.15, 0.2) is 72.8 Å². The van der Waals surface area contributed by atoms with E-state index in [4.69, 9.17) is 34.8 Å². The fourth-order valence-corrected chi connectivity index (χ4v) is 6.66. The van der Waals surface area contributed by atoms with E-state index in [0.29, 0.717) is 10.6 Å². The quantitative estimate of drug-likeness (QED) is 0.257. The van der Waals surface area contributed by atoms with Crippen LogP contribution in [0.4, 0.5) is 5.69 Å². The number of halogens is 3. The molecule has 0 aliphatic heterocycles. The van der Waals surface area contributed by atoms with Crippen molar-refractivity contribution < 1.29 is 18.0 Å². The van der Waals surface area contributed by atoms with Crippen molar-refractivity contribution in [3.05, 3.63) is 99.0 Å². The number of carbonyl (C=O) groups excluding carboxylic acids is 2. The van der Waals surface area contributed by atoms with E-state index in [1.807, 2.05) is 30.3 Å². The molecule has 3 aromatic rings. The molecule has 0 heterocycles. The maximum absolute atomic E-state index is 14.2. The van der Waals surface area contributed by atoms with E-state index in [0.717, 1.165) is 48.2 Å². The van der Waals surface area contributed by atoms with Crippen LogP contribution in [0.1, 0.15) is 43.2 Å². The van der Waals surface area contributed by atoms with Crippen LogP contribution in [0.25, 0.3) is 0 Å². The lowest BCUT2D eigenvalue weighted by Crippen LogP contribution is -2.55. The summed E-state index contributed by atoms with van der Waals surface area (Å²) < 4.78 is 26.9. The second-order valence-corrected chi connectivity index (χ2v) is 13.7. The minimum Gasteiger partial charge on any atom is -0.352 e. The van der Waals surface area contributed by atoms with E-state index in [-0.39, 0.29) is 40.6 Å². The lowest BCUT2D eigenvalue weighted by molar-refractivity contribution is -0.140. The number of anilines is 1. The molecule has 4 rings (SSSR count). The number of nitrogens with one attached hydrogen (secondary N) is 1. The lowest BCUT2D eigenvalue weighted by atomic mass is 9.94. The number of hydrogen-bond donors (Lipinski definition) is 1. The Hall–Kier alpha value is -2.78. The number of rotatable bonds is 11. The fourth-order valence-electron chi connectivity index (χ4n) is 5.18. The highest BCUT2D eigenvalue weighted by Crippen LogP contribution is 2.31. The van der Waals surface area contributed by atoms with Crippen molar-refractivity contribution in [3.8, 4) is 0 Å². The average molecular weight is 651 g/mol. The molecule has 1 saturated carbocycles. The zero-order chi connectivity index (χ0) is 30.3. The molecule has 1 atom stereocenters. The van der Waals surface area contributed by atoms with Crippen LogP contribution >= 0.6 is 34.8 Å². The first-order valence-corrected chi connectivity index (χ1v) is 16.8. The summed E-state index contributed by atoms with van der Waals surface area (Å²) in [6.45, 7) is -0.597. The maximum atomic E-state index is 14.2. The van der Waals surface area contributed by atoms with Crippen LogP contribution in [-0.4, -0.2) is 50.0 Å². The van der Waals surface area contributed by atoms with Crippen molar-refractivity contribution in [2.24, 2.45) is 0 Å². The van der Waals surface area contributed by atoms with Gasteiger partial charge in [0.15, 0.2) is 0 Å². The Morgan fingerprint density at radius 1 is 0.905 bits per heavy atom. The first-order valence-electron chi connectivity index (χ1n) is 13.8. The van der Waals surface area contributed by atoms with Crippen molar-refractivity contribution in [2.45, 2.75) is 57.2 Å². The highest BCUT2D eigenvalue weighted by atomic mass is 35.5. The highest BCUT2D eigenvalue weighted by Gasteiger charge is 2.34. The zero-order valence-corrected chi connectivity index (χ0v) is 26.4. The number of hydrogen-bond acceptors (Lipinski definition) is 4. The number of benzene rings is 3. The Morgan fingerprint density at radius 3 is 2.24 bits per heavy atom. The van der Waals surface area contributed by atoms with E-state index in [1.54, 1.807) is 24.3 Å². The second kappa shape index (κ2) is 14.6. The minimum atomic E-state index is -3.98. The van der Waals surface area contributed by atoms with Gasteiger partial charge in [-0.2, -0.15) is 0 Å². The molecule has 1 fully saturated rings. The molecule has 0 bridgehead atoms. The van der Waals surface area contributed by atoms with E-state index in [1.165, 1.54) is 23.1 Å². The Bertz CT molecular complexity index is 1500. The molecular weight excluding hydrogens is 617 g/mol. The van der Waals surface area contributed by atoms with Gasteiger partial charge in [0.25, 0.3) is 0 Å². The van der Waals surface area contributed by atoms with Gasteiger partial charge < -0.3 is 10.2 Å². The first-order chi connectivity index (χ1) is 20.0. The predicted octanol–water partition coefficient (Wildman–Crippen LogP) is 6.50. The molecule has 3 aromatic carbocycles. The minimum absolute atomic E-state index is 0.00499. The van der Waals surface area contributed by atoms with Crippen LogP contribution < -0.4 is 9.62 Å². The number of sulfonamides is 1. The van der Waals surface area contributed by atoms with E-state index < -0.39 is 28.5 Å². The molecule has 1 N–H and O–H groups in total. The Morgan fingerprint density at radius 2 is 1.57 bits per heavy atom. The molecule has 0 saturated heterocycles. The Balaban J connectivity index is 1.75. The molecular formula is C31H34Cl3N3O4S. The summed E-state index contributed by atoms with van der Waals surface area (Å²) in [5.41, 5.74) is 1.56. The smallest absolute Gasteiger partial charge is 0.244 e. The van der Waals surface area contributed by atoms with Crippen molar-refractivity contribution in [3.63, 3.8) is 0 Å². The van der Waals surface area contributed by atoms with Crippen molar-refractivity contribution in [1.29, 1.82) is 0 Å². The van der Waals surface area contributed by atoms with Crippen LogP contribution in [0.3, 0.4) is 0 Å². The molecule has 1 aliphatic carbocycles. The average Bonchev–Trinajstić information content (AvgIpc) is 2.96. The monoisotopic (exact) mass is 649 g/mol. The molecule has 42 heavy (non-hydrogen) atoms. The van der Waals surface area contributed by atoms with Gasteiger partial charge in [0, 0.05) is 29.1 Å². The molecule has 2 amide bonds. The molecule has 0 spiro atoms. The largest absolute Gasteiger partial charge is 0.352 e. The second-order valence-electron chi connectivity index (χ2n) is 10.5. The van der Waals surface area contributed by atoms with Crippen molar-refractivity contribution >= 4 is 62.3 Å². The summed E-state index contributed by atoms with van der Waals surface area (Å²) in [7, 11) is -3.98. The summed E-state index contributed by atoms with van der Waals surface area (Å²) >= 11 is 19.0. The number of amides is 2. The van der Waals surface area contributed by atoms with Crippen LogP contribution in [0.5, 0.6) is 0 Å². The molecule has 1 aliphatic rings. The number of nitrogens with zero attached hydrogens (tertiary/aromatic N) is 2. The third-order valence-electron chi connectivity index (χ3n) is 7.38. The van der Waals surface area contributed by atoms with E-state index in [9.17, 15) is 18.0 Å². The van der Waals surface area contributed by atoms with Gasteiger partial charge in [-0.1, -0.05) is 103 Å². The SMILES string of the molecule is CS(=O)(=O)N(CC(=O)N(Cc1ccccc1Cl)C(Cc1ccccc1)C(=O)NC1CCCCC1)c1cc(Cl)ccc1Cl. The van der Waals surface area contributed by atoms with Gasteiger partial charge in [-0.05, 0) is 48.2 Å². The van der Waals surface area contributed by atoms with Crippen molar-refractivity contribution in [1.82, 2.24) is 10.2 Å². The third kappa shape index (κ3) is 8.63. The Labute approximate surface area is 262 Å².